The highest BCUT2D eigenvalue weighted by Gasteiger charge is 2.11. The first-order chi connectivity index (χ1) is 7.18. The number of carbonyl (C=O) groups is 1. The average molecular weight is 221 g/mol. The number of nitrogens with zero attached hydrogens (tertiary/aromatic N) is 2. The molecule has 0 aliphatic rings. The van der Waals surface area contributed by atoms with Gasteiger partial charge in [-0.1, -0.05) is 0 Å². The van der Waals surface area contributed by atoms with Crippen molar-refractivity contribution in [2.45, 2.75) is 0 Å². The molecule has 5 nitrogen and oxygen atoms in total. The molecule has 2 rings (SSSR count). The van der Waals surface area contributed by atoms with Crippen LogP contribution in [0.5, 0.6) is 0 Å². The lowest BCUT2D eigenvalue weighted by Crippen LogP contribution is -2.06. The summed E-state index contributed by atoms with van der Waals surface area (Å²) in [6.45, 7) is 0. The zero-order chi connectivity index (χ0) is 10.8. The van der Waals surface area contributed by atoms with E-state index in [1.165, 1.54) is 17.5 Å². The Hall–Kier alpha value is -1.95. The summed E-state index contributed by atoms with van der Waals surface area (Å²) in [6, 6.07) is 1.85. The van der Waals surface area contributed by atoms with Gasteiger partial charge in [-0.15, -0.1) is 0 Å². The van der Waals surface area contributed by atoms with Gasteiger partial charge in [-0.25, -0.2) is 14.8 Å². The van der Waals surface area contributed by atoms with E-state index in [2.05, 4.69) is 9.97 Å². The molecule has 0 radical (unpaired) electrons. The first-order valence-electron chi connectivity index (χ1n) is 4.07. The summed E-state index contributed by atoms with van der Waals surface area (Å²) in [7, 11) is 0. The second-order valence-corrected chi connectivity index (χ2v) is 3.59. The Labute approximate surface area is 89.2 Å². The normalized spacial score (nSPS) is 10.1. The van der Waals surface area contributed by atoms with Gasteiger partial charge in [0.05, 0.1) is 0 Å². The van der Waals surface area contributed by atoms with Crippen LogP contribution >= 0.6 is 11.3 Å². The second-order valence-electron chi connectivity index (χ2n) is 2.81. The van der Waals surface area contributed by atoms with E-state index in [0.717, 1.165) is 5.56 Å². The third-order valence-electron chi connectivity index (χ3n) is 1.83. The summed E-state index contributed by atoms with van der Waals surface area (Å²) >= 11 is 1.51. The molecule has 0 amide bonds. The van der Waals surface area contributed by atoms with Crippen molar-refractivity contribution in [3.05, 3.63) is 28.6 Å². The minimum absolute atomic E-state index is 0.0151. The quantitative estimate of drug-likeness (QED) is 0.801. The van der Waals surface area contributed by atoms with E-state index in [9.17, 15) is 4.79 Å². The molecule has 2 heterocycles. The summed E-state index contributed by atoms with van der Waals surface area (Å²) in [4.78, 5) is 18.5. The zero-order valence-electron chi connectivity index (χ0n) is 7.54. The summed E-state index contributed by atoms with van der Waals surface area (Å²) in [5.74, 6) is -0.693. The number of rotatable bonds is 2. The van der Waals surface area contributed by atoms with Gasteiger partial charge in [0.2, 0.25) is 0 Å². The number of nitrogens with two attached hydrogens (primary N) is 1. The van der Waals surface area contributed by atoms with Crippen LogP contribution in [0.4, 0.5) is 5.82 Å². The first-order valence-corrected chi connectivity index (χ1v) is 5.01. The minimum Gasteiger partial charge on any atom is -0.477 e. The van der Waals surface area contributed by atoms with Crippen LogP contribution in [0.2, 0.25) is 0 Å². The summed E-state index contributed by atoms with van der Waals surface area (Å²) in [5.41, 5.74) is 6.26. The lowest BCUT2D eigenvalue weighted by molar-refractivity contribution is 0.0697. The topological polar surface area (TPSA) is 89.1 Å². The molecule has 0 aliphatic heterocycles. The van der Waals surface area contributed by atoms with Crippen molar-refractivity contribution in [1.82, 2.24) is 9.97 Å². The van der Waals surface area contributed by atoms with Gasteiger partial charge in [-0.2, -0.15) is 11.3 Å². The van der Waals surface area contributed by atoms with Gasteiger partial charge in [0.15, 0.2) is 5.82 Å². The molecule has 15 heavy (non-hydrogen) atoms. The van der Waals surface area contributed by atoms with Gasteiger partial charge in [0.25, 0.3) is 0 Å². The van der Waals surface area contributed by atoms with Crippen LogP contribution in [0.3, 0.4) is 0 Å². The van der Waals surface area contributed by atoms with Gasteiger partial charge in [-0.05, 0) is 11.4 Å². The lowest BCUT2D eigenvalue weighted by atomic mass is 10.3. The van der Waals surface area contributed by atoms with E-state index in [-0.39, 0.29) is 11.4 Å². The maximum absolute atomic E-state index is 10.7. The van der Waals surface area contributed by atoms with E-state index < -0.39 is 5.97 Å². The smallest absolute Gasteiger partial charge is 0.341 e. The van der Waals surface area contributed by atoms with Crippen LogP contribution in [0.1, 0.15) is 10.4 Å². The number of anilines is 1. The number of hydrogen-bond donors (Lipinski definition) is 2. The van der Waals surface area contributed by atoms with Crippen LogP contribution in [-0.2, 0) is 0 Å². The molecule has 0 bridgehead atoms. The SMILES string of the molecule is Nc1nc(-c2ccsc2)ncc1C(=O)O. The molecule has 3 N–H and O–H groups in total. The molecular formula is C9H7N3O2S. The molecule has 0 aromatic carbocycles. The van der Waals surface area contributed by atoms with Crippen molar-refractivity contribution in [1.29, 1.82) is 0 Å². The average Bonchev–Trinajstić information content (AvgIpc) is 2.69. The highest BCUT2D eigenvalue weighted by Crippen LogP contribution is 2.19. The molecule has 0 atom stereocenters. The fourth-order valence-corrected chi connectivity index (χ4v) is 1.72. The van der Waals surface area contributed by atoms with Crippen LogP contribution in [-0.4, -0.2) is 21.0 Å². The van der Waals surface area contributed by atoms with Gasteiger partial charge in [0, 0.05) is 17.1 Å². The standard InChI is InChI=1S/C9H7N3O2S/c10-7-6(9(13)14)3-11-8(12-7)5-1-2-15-4-5/h1-4H,(H,13,14)(H2,10,11,12). The Morgan fingerprint density at radius 3 is 2.87 bits per heavy atom. The maximum atomic E-state index is 10.7. The Morgan fingerprint density at radius 1 is 1.53 bits per heavy atom. The van der Waals surface area contributed by atoms with E-state index in [1.807, 2.05) is 16.8 Å². The third kappa shape index (κ3) is 1.79. The van der Waals surface area contributed by atoms with Crippen LogP contribution in [0.25, 0.3) is 11.4 Å². The van der Waals surface area contributed by atoms with Crippen molar-refractivity contribution < 1.29 is 9.90 Å². The molecule has 0 fully saturated rings. The van der Waals surface area contributed by atoms with E-state index >= 15 is 0 Å². The number of thiophene rings is 1. The van der Waals surface area contributed by atoms with Gasteiger partial charge >= 0.3 is 5.97 Å². The Morgan fingerprint density at radius 2 is 2.33 bits per heavy atom. The largest absolute Gasteiger partial charge is 0.477 e. The predicted octanol–water partition coefficient (Wildman–Crippen LogP) is 1.49. The minimum atomic E-state index is -1.12. The highest BCUT2D eigenvalue weighted by atomic mass is 32.1. The number of carboxylic acids is 1. The number of hydrogen-bond acceptors (Lipinski definition) is 5. The summed E-state index contributed by atoms with van der Waals surface area (Å²) in [5, 5.41) is 12.5. The van der Waals surface area contributed by atoms with E-state index in [0.29, 0.717) is 5.82 Å². The summed E-state index contributed by atoms with van der Waals surface area (Å²) < 4.78 is 0. The van der Waals surface area contributed by atoms with Gasteiger partial charge < -0.3 is 10.8 Å². The van der Waals surface area contributed by atoms with Crippen molar-refractivity contribution in [2.75, 3.05) is 5.73 Å². The molecule has 6 heteroatoms. The molecule has 0 aliphatic carbocycles. The fourth-order valence-electron chi connectivity index (χ4n) is 1.09. The Bertz CT molecular complexity index is 496. The number of aromatic carboxylic acids is 1. The van der Waals surface area contributed by atoms with Crippen LogP contribution in [0.15, 0.2) is 23.0 Å². The molecule has 0 saturated carbocycles. The first kappa shape index (κ1) is 9.60. The monoisotopic (exact) mass is 221 g/mol. The van der Waals surface area contributed by atoms with Crippen molar-refractivity contribution in [3.63, 3.8) is 0 Å². The molecule has 0 saturated heterocycles. The summed E-state index contributed by atoms with van der Waals surface area (Å²) in [6.07, 6.45) is 1.22. The van der Waals surface area contributed by atoms with E-state index in [4.69, 9.17) is 10.8 Å². The lowest BCUT2D eigenvalue weighted by Gasteiger charge is -2.01. The number of nitrogen functional groups attached to an aromatic ring is 1. The molecule has 2 aromatic rings. The van der Waals surface area contributed by atoms with Gasteiger partial charge in [-0.3, -0.25) is 0 Å². The maximum Gasteiger partial charge on any atom is 0.341 e. The Balaban J connectivity index is 2.47. The van der Waals surface area contributed by atoms with Crippen molar-refractivity contribution >= 4 is 23.1 Å². The van der Waals surface area contributed by atoms with Crippen molar-refractivity contribution in [3.8, 4) is 11.4 Å². The Kier molecular flexibility index (Phi) is 2.34. The second kappa shape index (κ2) is 3.66. The van der Waals surface area contributed by atoms with Crippen LogP contribution in [0, 0.1) is 0 Å². The molecule has 0 spiro atoms. The predicted molar refractivity (Wildman–Crippen MR) is 56.7 cm³/mol. The van der Waals surface area contributed by atoms with E-state index in [1.54, 1.807) is 0 Å². The molecule has 76 valence electrons. The van der Waals surface area contributed by atoms with Gasteiger partial charge in [0.1, 0.15) is 11.4 Å². The van der Waals surface area contributed by atoms with Crippen LogP contribution < -0.4 is 5.73 Å². The molecular weight excluding hydrogens is 214 g/mol. The number of aromatic nitrogens is 2. The highest BCUT2D eigenvalue weighted by molar-refractivity contribution is 7.08. The molecule has 0 unspecified atom stereocenters. The molecule has 2 aromatic heterocycles. The zero-order valence-corrected chi connectivity index (χ0v) is 8.36. The van der Waals surface area contributed by atoms with Crippen molar-refractivity contribution in [2.24, 2.45) is 0 Å². The number of carboxylic acid groups (broad SMARTS) is 1. The fraction of sp³-hybridized carbons (Fsp3) is 0. The third-order valence-corrected chi connectivity index (χ3v) is 2.51.